The van der Waals surface area contributed by atoms with Crippen molar-refractivity contribution in [2.45, 2.75) is 20.4 Å². The Bertz CT molecular complexity index is 1030. The van der Waals surface area contributed by atoms with Crippen molar-refractivity contribution in [2.75, 3.05) is 5.32 Å². The van der Waals surface area contributed by atoms with Crippen LogP contribution in [0.15, 0.2) is 43.0 Å². The molecule has 0 bridgehead atoms. The first-order valence-corrected chi connectivity index (χ1v) is 8.11. The minimum absolute atomic E-state index is 0.694. The third-order valence-corrected chi connectivity index (χ3v) is 4.34. The van der Waals surface area contributed by atoms with Crippen LogP contribution < -0.4 is 5.32 Å². The van der Waals surface area contributed by atoms with E-state index in [0.29, 0.717) is 6.54 Å². The maximum absolute atomic E-state index is 4.73. The van der Waals surface area contributed by atoms with E-state index in [2.05, 4.69) is 27.2 Å². The molecule has 0 fully saturated rings. The molecule has 4 rings (SSSR count). The zero-order chi connectivity index (χ0) is 17.4. The fraction of sp³-hybridized carbons (Fsp3) is 0.222. The maximum atomic E-state index is 4.73. The van der Waals surface area contributed by atoms with Crippen molar-refractivity contribution in [1.29, 1.82) is 0 Å². The quantitative estimate of drug-likeness (QED) is 0.622. The van der Waals surface area contributed by atoms with Crippen molar-refractivity contribution >= 4 is 11.5 Å². The molecule has 0 spiro atoms. The smallest absolute Gasteiger partial charge is 0.160 e. The average molecular weight is 333 g/mol. The molecule has 0 saturated carbocycles. The van der Waals surface area contributed by atoms with Gasteiger partial charge in [-0.15, -0.1) is 0 Å². The van der Waals surface area contributed by atoms with Crippen molar-refractivity contribution in [3.8, 4) is 11.5 Å². The molecule has 0 amide bonds. The molecule has 25 heavy (non-hydrogen) atoms. The van der Waals surface area contributed by atoms with Crippen LogP contribution in [0.25, 0.3) is 17.2 Å². The van der Waals surface area contributed by atoms with E-state index in [0.717, 1.165) is 39.8 Å². The Morgan fingerprint density at radius 2 is 1.92 bits per heavy atom. The van der Waals surface area contributed by atoms with Gasteiger partial charge in [0.05, 0.1) is 0 Å². The number of imidazole rings is 1. The van der Waals surface area contributed by atoms with Crippen molar-refractivity contribution in [3.63, 3.8) is 0 Å². The molecule has 4 aromatic rings. The van der Waals surface area contributed by atoms with E-state index in [1.165, 1.54) is 0 Å². The lowest BCUT2D eigenvalue weighted by Crippen LogP contribution is -2.09. The first kappa shape index (κ1) is 15.3. The lowest BCUT2D eigenvalue weighted by Gasteiger charge is -2.13. The Labute approximate surface area is 145 Å². The van der Waals surface area contributed by atoms with Gasteiger partial charge in [-0.25, -0.2) is 9.97 Å². The summed E-state index contributed by atoms with van der Waals surface area (Å²) in [5.74, 6) is 1.76. The van der Waals surface area contributed by atoms with Gasteiger partial charge < -0.3 is 9.88 Å². The molecular formula is C18H19N7. The first-order valence-electron chi connectivity index (χ1n) is 8.11. The second-order valence-corrected chi connectivity index (χ2v) is 6.04. The highest BCUT2D eigenvalue weighted by molar-refractivity contribution is 5.63. The maximum Gasteiger partial charge on any atom is 0.160 e. The second-order valence-electron chi connectivity index (χ2n) is 6.04. The minimum Gasteiger partial charge on any atom is -0.366 e. The fourth-order valence-electron chi connectivity index (χ4n) is 2.82. The number of fused-ring (bicyclic) bond motifs is 1. The van der Waals surface area contributed by atoms with Crippen LogP contribution in [0.1, 0.15) is 16.8 Å². The van der Waals surface area contributed by atoms with E-state index in [1.54, 1.807) is 18.6 Å². The monoisotopic (exact) mass is 333 g/mol. The van der Waals surface area contributed by atoms with Gasteiger partial charge in [0.1, 0.15) is 11.5 Å². The van der Waals surface area contributed by atoms with Crippen molar-refractivity contribution < 1.29 is 0 Å². The first-order chi connectivity index (χ1) is 12.1. The normalized spacial score (nSPS) is 11.2. The summed E-state index contributed by atoms with van der Waals surface area (Å²) in [5, 5.41) is 8.22. The van der Waals surface area contributed by atoms with Crippen LogP contribution in [0.5, 0.6) is 0 Å². The molecule has 1 N–H and O–H groups in total. The topological polar surface area (TPSA) is 72.9 Å². The van der Waals surface area contributed by atoms with Gasteiger partial charge in [-0.3, -0.25) is 4.98 Å². The number of pyridine rings is 1. The Balaban J connectivity index is 1.78. The van der Waals surface area contributed by atoms with Gasteiger partial charge in [0.15, 0.2) is 11.5 Å². The van der Waals surface area contributed by atoms with E-state index in [-0.39, 0.29) is 0 Å². The standard InChI is InChI=1S/C18H19N7/c1-12-13(2)22-16-10-15(18-20-8-9-24(18)3)23-25(16)17(12)21-11-14-4-6-19-7-5-14/h4-10,21H,11H2,1-3H3. The number of nitrogens with zero attached hydrogens (tertiary/aromatic N) is 6. The third-order valence-electron chi connectivity index (χ3n) is 4.34. The highest BCUT2D eigenvalue weighted by Crippen LogP contribution is 2.24. The molecule has 4 aromatic heterocycles. The molecule has 0 unspecified atom stereocenters. The number of aryl methyl sites for hydroxylation is 2. The number of hydrogen-bond acceptors (Lipinski definition) is 5. The predicted octanol–water partition coefficient (Wildman–Crippen LogP) is 2.75. The van der Waals surface area contributed by atoms with Crippen molar-refractivity contribution in [1.82, 2.24) is 29.1 Å². The van der Waals surface area contributed by atoms with Crippen LogP contribution in [0.4, 0.5) is 5.82 Å². The summed E-state index contributed by atoms with van der Waals surface area (Å²) >= 11 is 0. The number of nitrogens with one attached hydrogen (secondary N) is 1. The number of aromatic nitrogens is 6. The summed E-state index contributed by atoms with van der Waals surface area (Å²) in [6.07, 6.45) is 7.27. The summed E-state index contributed by atoms with van der Waals surface area (Å²) in [6, 6.07) is 5.96. The molecule has 0 atom stereocenters. The van der Waals surface area contributed by atoms with Gasteiger partial charge in [-0.05, 0) is 31.5 Å². The Kier molecular flexibility index (Phi) is 3.68. The van der Waals surface area contributed by atoms with E-state index < -0.39 is 0 Å². The van der Waals surface area contributed by atoms with Crippen LogP contribution in [0.3, 0.4) is 0 Å². The number of hydrogen-bond donors (Lipinski definition) is 1. The highest BCUT2D eigenvalue weighted by atomic mass is 15.3. The molecule has 0 saturated heterocycles. The fourth-order valence-corrected chi connectivity index (χ4v) is 2.82. The molecule has 0 aromatic carbocycles. The molecule has 0 aliphatic carbocycles. The molecular weight excluding hydrogens is 314 g/mol. The van der Waals surface area contributed by atoms with Crippen LogP contribution >= 0.6 is 0 Å². The van der Waals surface area contributed by atoms with Crippen LogP contribution in [-0.2, 0) is 13.6 Å². The molecule has 0 aliphatic rings. The van der Waals surface area contributed by atoms with Crippen molar-refractivity contribution in [2.24, 2.45) is 7.05 Å². The third kappa shape index (κ3) is 2.73. The van der Waals surface area contributed by atoms with E-state index >= 15 is 0 Å². The molecule has 0 radical (unpaired) electrons. The van der Waals surface area contributed by atoms with E-state index in [4.69, 9.17) is 5.10 Å². The summed E-state index contributed by atoms with van der Waals surface area (Å²) < 4.78 is 3.80. The van der Waals surface area contributed by atoms with Gasteiger partial charge in [0, 0.05) is 55.7 Å². The van der Waals surface area contributed by atoms with Crippen LogP contribution in [-0.4, -0.2) is 29.1 Å². The van der Waals surface area contributed by atoms with Gasteiger partial charge in [0.2, 0.25) is 0 Å². The molecule has 7 heteroatoms. The SMILES string of the molecule is Cc1nc2cc(-c3nccn3C)nn2c(NCc2ccncc2)c1C. The minimum atomic E-state index is 0.694. The van der Waals surface area contributed by atoms with Crippen molar-refractivity contribution in [3.05, 3.63) is 59.8 Å². The van der Waals surface area contributed by atoms with Crippen LogP contribution in [0.2, 0.25) is 0 Å². The average Bonchev–Trinajstić information content (AvgIpc) is 3.22. The molecule has 0 aliphatic heterocycles. The predicted molar refractivity (Wildman–Crippen MR) is 96.2 cm³/mol. The highest BCUT2D eigenvalue weighted by Gasteiger charge is 2.15. The largest absolute Gasteiger partial charge is 0.366 e. The lowest BCUT2D eigenvalue weighted by atomic mass is 10.2. The number of anilines is 1. The van der Waals surface area contributed by atoms with E-state index in [1.807, 2.05) is 47.4 Å². The lowest BCUT2D eigenvalue weighted by molar-refractivity contribution is 0.881. The summed E-state index contributed by atoms with van der Waals surface area (Å²) in [4.78, 5) is 13.1. The van der Waals surface area contributed by atoms with Gasteiger partial charge in [-0.2, -0.15) is 9.61 Å². The van der Waals surface area contributed by atoms with Gasteiger partial charge in [0.25, 0.3) is 0 Å². The zero-order valence-electron chi connectivity index (χ0n) is 14.4. The Morgan fingerprint density at radius 3 is 2.64 bits per heavy atom. The summed E-state index contributed by atoms with van der Waals surface area (Å²) in [5.41, 5.74) is 4.83. The van der Waals surface area contributed by atoms with Gasteiger partial charge in [-0.1, -0.05) is 0 Å². The molecule has 126 valence electrons. The molecule has 7 nitrogen and oxygen atoms in total. The second kappa shape index (κ2) is 6.01. The Morgan fingerprint density at radius 1 is 1.12 bits per heavy atom. The summed E-state index contributed by atoms with van der Waals surface area (Å²) in [7, 11) is 1.96. The Hall–Kier alpha value is -3.22. The van der Waals surface area contributed by atoms with Crippen LogP contribution in [0, 0.1) is 13.8 Å². The zero-order valence-corrected chi connectivity index (χ0v) is 14.4. The molecule has 4 heterocycles. The number of rotatable bonds is 4. The van der Waals surface area contributed by atoms with E-state index in [9.17, 15) is 0 Å². The summed E-state index contributed by atoms with van der Waals surface area (Å²) in [6.45, 7) is 4.76. The van der Waals surface area contributed by atoms with Gasteiger partial charge >= 0.3 is 0 Å².